The maximum absolute atomic E-state index is 11.5. The maximum atomic E-state index is 11.5. The van der Waals surface area contributed by atoms with E-state index in [0.717, 1.165) is 38.2 Å². The minimum absolute atomic E-state index is 0.276. The summed E-state index contributed by atoms with van der Waals surface area (Å²) in [5.41, 5.74) is 3.09. The first-order chi connectivity index (χ1) is 8.76. The lowest BCUT2D eigenvalue weighted by molar-refractivity contribution is 0.0601. The number of nitrogens with zero attached hydrogens (tertiary/aromatic N) is 1. The summed E-state index contributed by atoms with van der Waals surface area (Å²) < 4.78 is 9.82. The molecule has 0 radical (unpaired) electrons. The molecule has 4 heteroatoms. The molecule has 1 aromatic rings. The zero-order chi connectivity index (χ0) is 13.0. The average molecular weight is 249 g/mol. The Labute approximate surface area is 107 Å². The summed E-state index contributed by atoms with van der Waals surface area (Å²) in [4.78, 5) is 13.8. The maximum Gasteiger partial charge on any atom is 0.337 e. The van der Waals surface area contributed by atoms with Crippen molar-refractivity contribution in [1.82, 2.24) is 0 Å². The Morgan fingerprint density at radius 2 is 2.22 bits per heavy atom. The van der Waals surface area contributed by atoms with Gasteiger partial charge < -0.3 is 14.4 Å². The van der Waals surface area contributed by atoms with Gasteiger partial charge in [-0.05, 0) is 30.5 Å². The minimum atomic E-state index is -0.276. The van der Waals surface area contributed by atoms with Crippen LogP contribution in [0.3, 0.4) is 0 Å². The molecule has 1 aliphatic heterocycles. The Bertz CT molecular complexity index is 431. The van der Waals surface area contributed by atoms with Gasteiger partial charge in [-0.2, -0.15) is 0 Å². The molecule has 0 aliphatic carbocycles. The van der Waals surface area contributed by atoms with E-state index >= 15 is 0 Å². The number of methoxy groups -OCH3 is 2. The van der Waals surface area contributed by atoms with Crippen LogP contribution in [0.15, 0.2) is 18.2 Å². The molecule has 18 heavy (non-hydrogen) atoms. The second-order valence-corrected chi connectivity index (χ2v) is 4.42. The number of carbonyl (C=O) groups is 1. The Balaban J connectivity index is 2.12. The predicted molar refractivity (Wildman–Crippen MR) is 70.2 cm³/mol. The molecule has 0 unspecified atom stereocenters. The molecular weight excluding hydrogens is 230 g/mol. The van der Waals surface area contributed by atoms with Gasteiger partial charge >= 0.3 is 5.97 Å². The third-order valence-corrected chi connectivity index (χ3v) is 3.27. The van der Waals surface area contributed by atoms with Crippen molar-refractivity contribution in [2.24, 2.45) is 0 Å². The van der Waals surface area contributed by atoms with Crippen LogP contribution in [0.25, 0.3) is 0 Å². The molecule has 0 fully saturated rings. The number of esters is 1. The largest absolute Gasteiger partial charge is 0.465 e. The second-order valence-electron chi connectivity index (χ2n) is 4.42. The van der Waals surface area contributed by atoms with Crippen molar-refractivity contribution in [3.05, 3.63) is 29.3 Å². The highest BCUT2D eigenvalue weighted by Gasteiger charge is 2.20. The van der Waals surface area contributed by atoms with Crippen molar-refractivity contribution in [3.63, 3.8) is 0 Å². The number of hydrogen-bond acceptors (Lipinski definition) is 4. The first-order valence-electron chi connectivity index (χ1n) is 6.21. The third kappa shape index (κ3) is 2.64. The van der Waals surface area contributed by atoms with Crippen LogP contribution in [0.5, 0.6) is 0 Å². The van der Waals surface area contributed by atoms with Crippen LogP contribution >= 0.6 is 0 Å². The van der Waals surface area contributed by atoms with Gasteiger partial charge in [0, 0.05) is 32.5 Å². The first-order valence-corrected chi connectivity index (χ1v) is 6.21. The summed E-state index contributed by atoms with van der Waals surface area (Å²) in [5.74, 6) is -0.276. The fraction of sp³-hybridized carbons (Fsp3) is 0.500. The van der Waals surface area contributed by atoms with E-state index in [1.807, 2.05) is 18.2 Å². The van der Waals surface area contributed by atoms with Crippen molar-refractivity contribution in [2.75, 3.05) is 38.8 Å². The van der Waals surface area contributed by atoms with Gasteiger partial charge in [0.2, 0.25) is 0 Å². The van der Waals surface area contributed by atoms with Crippen molar-refractivity contribution in [1.29, 1.82) is 0 Å². The SMILES string of the molecule is COCCCN1CCc2ccc(C(=O)OC)cc21. The number of benzene rings is 1. The van der Waals surface area contributed by atoms with Crippen LogP contribution in [-0.2, 0) is 15.9 Å². The molecule has 0 bridgehead atoms. The summed E-state index contributed by atoms with van der Waals surface area (Å²) in [5, 5.41) is 0. The lowest BCUT2D eigenvalue weighted by Gasteiger charge is -2.19. The van der Waals surface area contributed by atoms with Gasteiger partial charge in [-0.3, -0.25) is 0 Å². The van der Waals surface area contributed by atoms with Gasteiger partial charge in [0.1, 0.15) is 0 Å². The summed E-state index contributed by atoms with van der Waals surface area (Å²) in [6.07, 6.45) is 2.04. The Hall–Kier alpha value is -1.55. The van der Waals surface area contributed by atoms with Crippen LogP contribution in [0, 0.1) is 0 Å². The van der Waals surface area contributed by atoms with Crippen LogP contribution in [0.4, 0.5) is 5.69 Å². The van der Waals surface area contributed by atoms with E-state index < -0.39 is 0 Å². The molecule has 2 rings (SSSR count). The normalized spacial score (nSPS) is 13.6. The zero-order valence-corrected chi connectivity index (χ0v) is 10.9. The number of hydrogen-bond donors (Lipinski definition) is 0. The van der Waals surface area contributed by atoms with Gasteiger partial charge in [-0.1, -0.05) is 6.07 Å². The highest BCUT2D eigenvalue weighted by Crippen LogP contribution is 2.29. The Morgan fingerprint density at radius 1 is 1.39 bits per heavy atom. The molecule has 0 aromatic heterocycles. The topological polar surface area (TPSA) is 38.8 Å². The van der Waals surface area contributed by atoms with Crippen LogP contribution in [-0.4, -0.2) is 39.9 Å². The monoisotopic (exact) mass is 249 g/mol. The quantitative estimate of drug-likeness (QED) is 0.590. The van der Waals surface area contributed by atoms with Gasteiger partial charge in [0.15, 0.2) is 0 Å². The van der Waals surface area contributed by atoms with Crippen molar-refractivity contribution >= 4 is 11.7 Å². The molecule has 0 saturated heterocycles. The fourth-order valence-corrected chi connectivity index (χ4v) is 2.32. The van der Waals surface area contributed by atoms with Gasteiger partial charge in [0.25, 0.3) is 0 Å². The molecule has 98 valence electrons. The standard InChI is InChI=1S/C14H19NO3/c1-17-9-3-7-15-8-6-11-4-5-12(10-13(11)15)14(16)18-2/h4-5,10H,3,6-9H2,1-2H3. The number of anilines is 1. The van der Waals surface area contributed by atoms with E-state index in [-0.39, 0.29) is 5.97 Å². The molecule has 0 amide bonds. The second kappa shape index (κ2) is 5.87. The lowest BCUT2D eigenvalue weighted by Crippen LogP contribution is -2.22. The van der Waals surface area contributed by atoms with E-state index in [4.69, 9.17) is 9.47 Å². The molecule has 1 heterocycles. The molecule has 1 aromatic carbocycles. The van der Waals surface area contributed by atoms with Gasteiger partial charge in [-0.15, -0.1) is 0 Å². The minimum Gasteiger partial charge on any atom is -0.465 e. The summed E-state index contributed by atoms with van der Waals surface area (Å²) in [6.45, 7) is 2.75. The first kappa shape index (κ1) is 12.9. The Morgan fingerprint density at radius 3 is 2.94 bits per heavy atom. The van der Waals surface area contributed by atoms with E-state index in [9.17, 15) is 4.79 Å². The number of rotatable bonds is 5. The van der Waals surface area contributed by atoms with E-state index in [0.29, 0.717) is 5.56 Å². The number of carbonyl (C=O) groups excluding carboxylic acids is 1. The molecule has 0 saturated carbocycles. The summed E-state index contributed by atoms with van der Waals surface area (Å²) >= 11 is 0. The average Bonchev–Trinajstić information content (AvgIpc) is 2.81. The van der Waals surface area contributed by atoms with Crippen molar-refractivity contribution < 1.29 is 14.3 Å². The highest BCUT2D eigenvalue weighted by atomic mass is 16.5. The van der Waals surface area contributed by atoms with Crippen molar-refractivity contribution in [3.8, 4) is 0 Å². The van der Waals surface area contributed by atoms with E-state index in [2.05, 4.69) is 4.90 Å². The predicted octanol–water partition coefficient (Wildman–Crippen LogP) is 1.87. The van der Waals surface area contributed by atoms with Crippen LogP contribution < -0.4 is 4.90 Å². The Kier molecular flexibility index (Phi) is 4.20. The highest BCUT2D eigenvalue weighted by molar-refractivity contribution is 5.91. The van der Waals surface area contributed by atoms with Crippen LogP contribution in [0.1, 0.15) is 22.3 Å². The van der Waals surface area contributed by atoms with E-state index in [1.54, 1.807) is 7.11 Å². The van der Waals surface area contributed by atoms with Crippen molar-refractivity contribution in [2.45, 2.75) is 12.8 Å². The summed E-state index contributed by atoms with van der Waals surface area (Å²) in [7, 11) is 3.12. The molecule has 0 N–H and O–H groups in total. The zero-order valence-electron chi connectivity index (χ0n) is 10.9. The molecule has 0 spiro atoms. The molecule has 4 nitrogen and oxygen atoms in total. The van der Waals surface area contributed by atoms with Gasteiger partial charge in [-0.25, -0.2) is 4.79 Å². The molecule has 0 atom stereocenters. The summed E-state index contributed by atoms with van der Waals surface area (Å²) in [6, 6.07) is 5.79. The smallest absolute Gasteiger partial charge is 0.337 e. The fourth-order valence-electron chi connectivity index (χ4n) is 2.32. The molecular formula is C14H19NO3. The van der Waals surface area contributed by atoms with Gasteiger partial charge in [0.05, 0.1) is 12.7 Å². The number of fused-ring (bicyclic) bond motifs is 1. The number of ether oxygens (including phenoxy) is 2. The lowest BCUT2D eigenvalue weighted by atomic mass is 10.1. The van der Waals surface area contributed by atoms with E-state index in [1.165, 1.54) is 12.7 Å². The molecule has 1 aliphatic rings. The van der Waals surface area contributed by atoms with Crippen LogP contribution in [0.2, 0.25) is 0 Å². The third-order valence-electron chi connectivity index (χ3n) is 3.27.